The molecule has 6 heteroatoms. The van der Waals surface area contributed by atoms with E-state index in [1.807, 2.05) is 30.9 Å². The highest BCUT2D eigenvalue weighted by Gasteiger charge is 2.20. The van der Waals surface area contributed by atoms with Crippen molar-refractivity contribution in [3.05, 3.63) is 59.2 Å². The monoisotopic (exact) mass is 372 g/mol. The number of anilines is 1. The summed E-state index contributed by atoms with van der Waals surface area (Å²) in [6, 6.07) is 11.7. The molecule has 0 aromatic heterocycles. The molecule has 2 aromatic rings. The van der Waals surface area contributed by atoms with E-state index in [1.165, 1.54) is 12.1 Å². The van der Waals surface area contributed by atoms with E-state index in [9.17, 15) is 13.2 Å². The molecule has 0 atom stereocenters. The molecule has 1 saturated heterocycles. The summed E-state index contributed by atoms with van der Waals surface area (Å²) < 4.78 is 27.8. The maximum Gasteiger partial charge on any atom is 0.261 e. The van der Waals surface area contributed by atoms with Crippen molar-refractivity contribution in [2.75, 3.05) is 17.8 Å². The minimum Gasteiger partial charge on any atom is -0.339 e. The highest BCUT2D eigenvalue weighted by molar-refractivity contribution is 7.92. The van der Waals surface area contributed by atoms with Crippen LogP contribution in [-0.4, -0.2) is 32.3 Å². The van der Waals surface area contributed by atoms with E-state index < -0.39 is 10.0 Å². The van der Waals surface area contributed by atoms with Crippen molar-refractivity contribution in [2.24, 2.45) is 0 Å². The van der Waals surface area contributed by atoms with Gasteiger partial charge in [-0.15, -0.1) is 0 Å². The summed E-state index contributed by atoms with van der Waals surface area (Å²) in [5.41, 5.74) is 3.03. The molecule has 0 bridgehead atoms. The van der Waals surface area contributed by atoms with Crippen LogP contribution in [0.1, 0.15) is 40.7 Å². The Bertz CT molecular complexity index is 899. The third-order valence-corrected chi connectivity index (χ3v) is 6.06. The number of nitrogens with one attached hydrogen (secondary N) is 1. The number of amides is 1. The first kappa shape index (κ1) is 18.5. The molecule has 1 amide bonds. The van der Waals surface area contributed by atoms with Crippen LogP contribution in [0.4, 0.5) is 5.69 Å². The molecular formula is C20H24N2O3S. The fourth-order valence-corrected chi connectivity index (χ4v) is 4.32. The van der Waals surface area contributed by atoms with Crippen molar-refractivity contribution in [2.45, 2.75) is 38.0 Å². The van der Waals surface area contributed by atoms with E-state index in [0.29, 0.717) is 11.3 Å². The van der Waals surface area contributed by atoms with Crippen LogP contribution in [0.2, 0.25) is 0 Å². The van der Waals surface area contributed by atoms with Crippen LogP contribution in [0.5, 0.6) is 0 Å². The molecule has 26 heavy (non-hydrogen) atoms. The van der Waals surface area contributed by atoms with Crippen LogP contribution in [0, 0.1) is 13.8 Å². The van der Waals surface area contributed by atoms with Crippen molar-refractivity contribution in [3.63, 3.8) is 0 Å². The number of likely N-dealkylation sites (tertiary alicyclic amines) is 1. The van der Waals surface area contributed by atoms with E-state index in [4.69, 9.17) is 0 Å². The van der Waals surface area contributed by atoms with Gasteiger partial charge in [-0.2, -0.15) is 0 Å². The summed E-state index contributed by atoms with van der Waals surface area (Å²) in [5, 5.41) is 0. The molecule has 1 aliphatic heterocycles. The summed E-state index contributed by atoms with van der Waals surface area (Å²) in [5.74, 6) is -0.0315. The van der Waals surface area contributed by atoms with E-state index in [-0.39, 0.29) is 10.8 Å². The number of piperidine rings is 1. The number of nitrogens with zero attached hydrogens (tertiary/aromatic N) is 1. The number of aryl methyl sites for hydroxylation is 2. The lowest BCUT2D eigenvalue weighted by molar-refractivity contribution is 0.0724. The maximum atomic E-state index is 12.6. The highest BCUT2D eigenvalue weighted by atomic mass is 32.2. The molecule has 3 rings (SSSR count). The largest absolute Gasteiger partial charge is 0.339 e. The standard InChI is InChI=1S/C20H24N2O3S/c1-15-6-11-19(16(2)14-15)21-26(24,25)18-9-7-17(8-10-18)20(23)22-12-4-3-5-13-22/h6-11,14,21H,3-5,12-13H2,1-2H3. The average molecular weight is 372 g/mol. The molecule has 1 heterocycles. The van der Waals surface area contributed by atoms with E-state index in [0.717, 1.165) is 43.5 Å². The van der Waals surface area contributed by atoms with Crippen molar-refractivity contribution in [1.29, 1.82) is 0 Å². The zero-order chi connectivity index (χ0) is 18.7. The Morgan fingerprint density at radius 1 is 0.962 bits per heavy atom. The predicted octanol–water partition coefficient (Wildman–Crippen LogP) is 3.73. The molecule has 0 unspecified atom stereocenters. The Balaban J connectivity index is 1.77. The Morgan fingerprint density at radius 3 is 2.23 bits per heavy atom. The molecule has 0 radical (unpaired) electrons. The molecule has 5 nitrogen and oxygen atoms in total. The minimum absolute atomic E-state index is 0.0315. The van der Waals surface area contributed by atoms with Gasteiger partial charge in [0, 0.05) is 18.7 Å². The van der Waals surface area contributed by atoms with Gasteiger partial charge < -0.3 is 4.90 Å². The zero-order valence-electron chi connectivity index (χ0n) is 15.2. The normalized spacial score (nSPS) is 14.9. The van der Waals surface area contributed by atoms with Crippen molar-refractivity contribution >= 4 is 21.6 Å². The fourth-order valence-electron chi connectivity index (χ4n) is 3.19. The first-order valence-electron chi connectivity index (χ1n) is 8.86. The lowest BCUT2D eigenvalue weighted by Gasteiger charge is -2.26. The second-order valence-corrected chi connectivity index (χ2v) is 8.48. The maximum absolute atomic E-state index is 12.6. The van der Waals surface area contributed by atoms with Gasteiger partial charge in [-0.05, 0) is 69.0 Å². The molecular weight excluding hydrogens is 348 g/mol. The molecule has 0 spiro atoms. The molecule has 138 valence electrons. The van der Waals surface area contributed by atoms with Crippen molar-refractivity contribution < 1.29 is 13.2 Å². The average Bonchev–Trinajstić information content (AvgIpc) is 2.64. The minimum atomic E-state index is -3.69. The highest BCUT2D eigenvalue weighted by Crippen LogP contribution is 2.21. The predicted molar refractivity (Wildman–Crippen MR) is 103 cm³/mol. The first-order valence-corrected chi connectivity index (χ1v) is 10.3. The van der Waals surface area contributed by atoms with E-state index in [1.54, 1.807) is 18.2 Å². The molecule has 1 aliphatic rings. The van der Waals surface area contributed by atoms with Gasteiger partial charge in [0.15, 0.2) is 0 Å². The van der Waals surface area contributed by atoms with Crippen molar-refractivity contribution in [3.8, 4) is 0 Å². The van der Waals surface area contributed by atoms with Gasteiger partial charge in [-0.25, -0.2) is 8.42 Å². The lowest BCUT2D eigenvalue weighted by atomic mass is 10.1. The van der Waals surface area contributed by atoms with E-state index in [2.05, 4.69) is 4.72 Å². The number of carbonyl (C=O) groups excluding carboxylic acids is 1. The van der Waals surface area contributed by atoms with Gasteiger partial charge in [0.25, 0.3) is 15.9 Å². The second-order valence-electron chi connectivity index (χ2n) is 6.80. The summed E-state index contributed by atoms with van der Waals surface area (Å²) >= 11 is 0. The third kappa shape index (κ3) is 4.07. The number of carbonyl (C=O) groups is 1. The molecule has 0 aliphatic carbocycles. The number of hydrogen-bond donors (Lipinski definition) is 1. The fraction of sp³-hybridized carbons (Fsp3) is 0.350. The van der Waals surface area contributed by atoms with Gasteiger partial charge >= 0.3 is 0 Å². The number of benzene rings is 2. The van der Waals surface area contributed by atoms with Gasteiger partial charge in [-0.1, -0.05) is 17.7 Å². The van der Waals surface area contributed by atoms with Gasteiger partial charge in [0.2, 0.25) is 0 Å². The topological polar surface area (TPSA) is 66.5 Å². The Labute approximate surface area is 155 Å². The number of hydrogen-bond acceptors (Lipinski definition) is 3. The summed E-state index contributed by atoms with van der Waals surface area (Å²) in [6.45, 7) is 5.37. The summed E-state index contributed by atoms with van der Waals surface area (Å²) in [7, 11) is -3.69. The van der Waals surface area contributed by atoms with Crippen LogP contribution in [0.25, 0.3) is 0 Å². The Morgan fingerprint density at radius 2 is 1.62 bits per heavy atom. The van der Waals surface area contributed by atoms with E-state index >= 15 is 0 Å². The quantitative estimate of drug-likeness (QED) is 0.889. The van der Waals surface area contributed by atoms with Crippen LogP contribution < -0.4 is 4.72 Å². The third-order valence-electron chi connectivity index (χ3n) is 4.68. The van der Waals surface area contributed by atoms with Crippen LogP contribution in [0.3, 0.4) is 0 Å². The lowest BCUT2D eigenvalue weighted by Crippen LogP contribution is -2.35. The van der Waals surface area contributed by atoms with Gasteiger partial charge in [0.1, 0.15) is 0 Å². The molecule has 1 fully saturated rings. The SMILES string of the molecule is Cc1ccc(NS(=O)(=O)c2ccc(C(=O)N3CCCCC3)cc2)c(C)c1. The smallest absolute Gasteiger partial charge is 0.261 e. The molecule has 2 aromatic carbocycles. The van der Waals surface area contributed by atoms with Crippen LogP contribution in [0.15, 0.2) is 47.4 Å². The summed E-state index contributed by atoms with van der Waals surface area (Å²) in [6.07, 6.45) is 3.21. The second kappa shape index (κ2) is 7.50. The zero-order valence-corrected chi connectivity index (χ0v) is 16.0. The molecule has 1 N–H and O–H groups in total. The van der Waals surface area contributed by atoms with Crippen LogP contribution >= 0.6 is 0 Å². The van der Waals surface area contributed by atoms with Gasteiger partial charge in [-0.3, -0.25) is 9.52 Å². The summed E-state index contributed by atoms with van der Waals surface area (Å²) in [4.78, 5) is 14.5. The first-order chi connectivity index (χ1) is 12.4. The number of rotatable bonds is 4. The number of sulfonamides is 1. The van der Waals surface area contributed by atoms with Crippen LogP contribution in [-0.2, 0) is 10.0 Å². The molecule has 0 saturated carbocycles. The Hall–Kier alpha value is -2.34. The van der Waals surface area contributed by atoms with Crippen molar-refractivity contribution in [1.82, 2.24) is 4.90 Å². The Kier molecular flexibility index (Phi) is 5.32. The van der Waals surface area contributed by atoms with Gasteiger partial charge in [0.05, 0.1) is 10.6 Å².